The standard InChI is InChI=1S/C17H17N3/c1-12-6-7-13-4-2-3-5-17(13)20(12)15-8-9-16(19)14(10-15)11-18/h2-5,8-10,12H,6-7,19H2,1H3. The minimum atomic E-state index is 0.417. The van der Waals surface area contributed by atoms with Crippen LogP contribution in [0.15, 0.2) is 42.5 Å². The quantitative estimate of drug-likeness (QED) is 0.799. The van der Waals surface area contributed by atoms with E-state index >= 15 is 0 Å². The third-order valence-electron chi connectivity index (χ3n) is 3.96. The molecule has 0 fully saturated rings. The predicted molar refractivity (Wildman–Crippen MR) is 81.9 cm³/mol. The molecule has 0 radical (unpaired) electrons. The minimum Gasteiger partial charge on any atom is -0.398 e. The number of nitrogens with zero attached hydrogens (tertiary/aromatic N) is 2. The van der Waals surface area contributed by atoms with Gasteiger partial charge in [-0.1, -0.05) is 18.2 Å². The number of hydrogen-bond acceptors (Lipinski definition) is 3. The van der Waals surface area contributed by atoms with Gasteiger partial charge < -0.3 is 10.6 Å². The Morgan fingerprint density at radius 3 is 2.85 bits per heavy atom. The number of nitrogen functional groups attached to an aromatic ring is 1. The molecule has 1 atom stereocenters. The van der Waals surface area contributed by atoms with E-state index in [1.54, 1.807) is 0 Å². The van der Waals surface area contributed by atoms with Gasteiger partial charge in [0.1, 0.15) is 6.07 Å². The maximum Gasteiger partial charge on any atom is 0.101 e. The lowest BCUT2D eigenvalue weighted by Crippen LogP contribution is -2.33. The Morgan fingerprint density at radius 1 is 1.25 bits per heavy atom. The summed E-state index contributed by atoms with van der Waals surface area (Å²) in [7, 11) is 0. The Balaban J connectivity index is 2.12. The van der Waals surface area contributed by atoms with Crippen LogP contribution in [-0.2, 0) is 6.42 Å². The molecule has 2 aromatic carbocycles. The van der Waals surface area contributed by atoms with E-state index in [1.165, 1.54) is 11.3 Å². The van der Waals surface area contributed by atoms with Gasteiger partial charge in [-0.3, -0.25) is 0 Å². The number of hydrogen-bond donors (Lipinski definition) is 1. The average Bonchev–Trinajstić information content (AvgIpc) is 2.48. The van der Waals surface area contributed by atoms with E-state index in [2.05, 4.69) is 42.2 Å². The van der Waals surface area contributed by atoms with E-state index in [4.69, 9.17) is 11.0 Å². The van der Waals surface area contributed by atoms with Crippen LogP contribution in [0.3, 0.4) is 0 Å². The zero-order chi connectivity index (χ0) is 14.1. The molecule has 20 heavy (non-hydrogen) atoms. The summed E-state index contributed by atoms with van der Waals surface area (Å²) in [6, 6.07) is 16.7. The second-order valence-electron chi connectivity index (χ2n) is 5.27. The van der Waals surface area contributed by atoms with E-state index in [-0.39, 0.29) is 0 Å². The molecule has 100 valence electrons. The molecule has 0 amide bonds. The van der Waals surface area contributed by atoms with Crippen LogP contribution in [-0.4, -0.2) is 6.04 Å². The molecule has 3 rings (SSSR count). The Hall–Kier alpha value is -2.47. The number of nitriles is 1. The predicted octanol–water partition coefficient (Wildman–Crippen LogP) is 3.61. The van der Waals surface area contributed by atoms with Crippen LogP contribution < -0.4 is 10.6 Å². The molecule has 0 spiro atoms. The van der Waals surface area contributed by atoms with Gasteiger partial charge in [-0.25, -0.2) is 0 Å². The van der Waals surface area contributed by atoms with Crippen LogP contribution in [0.1, 0.15) is 24.5 Å². The fourth-order valence-electron chi connectivity index (χ4n) is 2.87. The molecule has 0 bridgehead atoms. The van der Waals surface area contributed by atoms with Crippen molar-refractivity contribution in [2.45, 2.75) is 25.8 Å². The SMILES string of the molecule is CC1CCc2ccccc2N1c1ccc(N)c(C#N)c1. The monoisotopic (exact) mass is 263 g/mol. The summed E-state index contributed by atoms with van der Waals surface area (Å²) in [6.45, 7) is 2.22. The van der Waals surface area contributed by atoms with Crippen LogP contribution >= 0.6 is 0 Å². The van der Waals surface area contributed by atoms with Gasteiger partial charge in [0.2, 0.25) is 0 Å². The summed E-state index contributed by atoms with van der Waals surface area (Å²) in [6.07, 6.45) is 2.22. The van der Waals surface area contributed by atoms with Crippen LogP contribution in [0, 0.1) is 11.3 Å². The number of anilines is 3. The van der Waals surface area contributed by atoms with Crippen molar-refractivity contribution in [2.75, 3.05) is 10.6 Å². The first-order valence-corrected chi connectivity index (χ1v) is 6.87. The van der Waals surface area contributed by atoms with Crippen molar-refractivity contribution < 1.29 is 0 Å². The zero-order valence-electron chi connectivity index (χ0n) is 11.5. The second kappa shape index (κ2) is 4.90. The van der Waals surface area contributed by atoms with Gasteiger partial charge in [-0.2, -0.15) is 5.26 Å². The number of aryl methyl sites for hydroxylation is 1. The van der Waals surface area contributed by atoms with Gasteiger partial charge in [0.15, 0.2) is 0 Å². The molecule has 0 saturated heterocycles. The number of fused-ring (bicyclic) bond motifs is 1. The van der Waals surface area contributed by atoms with Crippen molar-refractivity contribution in [3.63, 3.8) is 0 Å². The number of rotatable bonds is 1. The highest BCUT2D eigenvalue weighted by Gasteiger charge is 2.24. The molecule has 1 aliphatic heterocycles. The highest BCUT2D eigenvalue weighted by Crippen LogP contribution is 2.37. The lowest BCUT2D eigenvalue weighted by atomic mass is 9.95. The molecule has 3 nitrogen and oxygen atoms in total. The highest BCUT2D eigenvalue weighted by atomic mass is 15.2. The van der Waals surface area contributed by atoms with Gasteiger partial charge in [0, 0.05) is 23.1 Å². The third kappa shape index (κ3) is 2.00. The largest absolute Gasteiger partial charge is 0.398 e. The molecule has 3 heteroatoms. The Kier molecular flexibility index (Phi) is 3.08. The molecular formula is C17H17N3. The molecule has 2 N–H and O–H groups in total. The van der Waals surface area contributed by atoms with Crippen LogP contribution in [0.4, 0.5) is 17.1 Å². The molecule has 1 heterocycles. The fourth-order valence-corrected chi connectivity index (χ4v) is 2.87. The van der Waals surface area contributed by atoms with Gasteiger partial charge >= 0.3 is 0 Å². The van der Waals surface area contributed by atoms with E-state index in [9.17, 15) is 0 Å². The first-order chi connectivity index (χ1) is 9.70. The van der Waals surface area contributed by atoms with Crippen LogP contribution in [0.2, 0.25) is 0 Å². The minimum absolute atomic E-state index is 0.417. The van der Waals surface area contributed by atoms with Crippen LogP contribution in [0.5, 0.6) is 0 Å². The normalized spacial score (nSPS) is 17.4. The molecule has 0 aliphatic carbocycles. The second-order valence-corrected chi connectivity index (χ2v) is 5.27. The highest BCUT2D eigenvalue weighted by molar-refractivity contribution is 5.72. The van der Waals surface area contributed by atoms with Crippen molar-refractivity contribution in [3.05, 3.63) is 53.6 Å². The van der Waals surface area contributed by atoms with Crippen molar-refractivity contribution >= 4 is 17.1 Å². The summed E-state index contributed by atoms with van der Waals surface area (Å²) < 4.78 is 0. The Bertz CT molecular complexity index is 685. The van der Waals surface area contributed by atoms with Crippen molar-refractivity contribution in [1.82, 2.24) is 0 Å². The molecule has 0 aromatic heterocycles. The first kappa shape index (κ1) is 12.6. The maximum atomic E-state index is 9.15. The van der Waals surface area contributed by atoms with Crippen molar-refractivity contribution in [2.24, 2.45) is 0 Å². The van der Waals surface area contributed by atoms with E-state index < -0.39 is 0 Å². The number of nitrogens with two attached hydrogens (primary N) is 1. The molecule has 1 unspecified atom stereocenters. The van der Waals surface area contributed by atoms with E-state index in [0.717, 1.165) is 18.5 Å². The molecule has 0 saturated carbocycles. The van der Waals surface area contributed by atoms with Crippen molar-refractivity contribution in [3.8, 4) is 6.07 Å². The van der Waals surface area contributed by atoms with Crippen LogP contribution in [0.25, 0.3) is 0 Å². The van der Waals surface area contributed by atoms with Gasteiger partial charge in [0.25, 0.3) is 0 Å². The Morgan fingerprint density at radius 2 is 2.05 bits per heavy atom. The zero-order valence-corrected chi connectivity index (χ0v) is 11.5. The van der Waals surface area contributed by atoms with Gasteiger partial charge in [0.05, 0.1) is 5.56 Å². The number of para-hydroxylation sites is 1. The van der Waals surface area contributed by atoms with Gasteiger partial charge in [-0.05, 0) is 49.6 Å². The smallest absolute Gasteiger partial charge is 0.101 e. The Labute approximate surface area is 119 Å². The summed E-state index contributed by atoms with van der Waals surface area (Å²) in [5.41, 5.74) is 10.5. The first-order valence-electron chi connectivity index (χ1n) is 6.87. The lowest BCUT2D eigenvalue weighted by molar-refractivity contribution is 0.618. The lowest BCUT2D eigenvalue weighted by Gasteiger charge is -2.37. The summed E-state index contributed by atoms with van der Waals surface area (Å²) >= 11 is 0. The van der Waals surface area contributed by atoms with E-state index in [0.29, 0.717) is 17.3 Å². The summed E-state index contributed by atoms with van der Waals surface area (Å²) in [4.78, 5) is 2.30. The average molecular weight is 263 g/mol. The topological polar surface area (TPSA) is 53.0 Å². The molecular weight excluding hydrogens is 246 g/mol. The summed E-state index contributed by atoms with van der Waals surface area (Å²) in [5, 5.41) is 9.15. The number of benzene rings is 2. The van der Waals surface area contributed by atoms with Gasteiger partial charge in [-0.15, -0.1) is 0 Å². The summed E-state index contributed by atoms with van der Waals surface area (Å²) in [5.74, 6) is 0. The van der Waals surface area contributed by atoms with Crippen molar-refractivity contribution in [1.29, 1.82) is 5.26 Å². The third-order valence-corrected chi connectivity index (χ3v) is 3.96. The fraction of sp³-hybridized carbons (Fsp3) is 0.235. The molecule has 1 aliphatic rings. The maximum absolute atomic E-state index is 9.15. The molecule has 2 aromatic rings. The van der Waals surface area contributed by atoms with E-state index in [1.807, 2.05) is 18.2 Å².